The van der Waals surface area contributed by atoms with E-state index in [1.807, 2.05) is 0 Å². The molecule has 0 saturated carbocycles. The summed E-state index contributed by atoms with van der Waals surface area (Å²) in [4.78, 5) is 0. The third-order valence-corrected chi connectivity index (χ3v) is 0. The van der Waals surface area contributed by atoms with Gasteiger partial charge in [-0.2, -0.15) is 0 Å². The summed E-state index contributed by atoms with van der Waals surface area (Å²) in [6.07, 6.45) is 0. The molecule has 0 unspecified atom stereocenters. The third kappa shape index (κ3) is 9.01. The zero-order chi connectivity index (χ0) is 0. The topological polar surface area (TPSA) is 0 Å². The van der Waals surface area contributed by atoms with Crippen LogP contribution >= 0.6 is 0 Å². The predicted molar refractivity (Wildman–Crippen MR) is 17.5 cm³/mol. The molecule has 4 heteroatoms. The number of rotatable bonds is 0. The fourth-order valence-electron chi connectivity index (χ4n) is 0. The number of thiol groups is 2. The van der Waals surface area contributed by atoms with Crippen molar-refractivity contribution in [3.63, 3.8) is 0 Å². The average Bonchev–Trinajstić information content (AvgIpc) is 0. The zero-order valence-electron chi connectivity index (χ0n) is 2.89. The normalized spacial score (nSPS) is 0. The van der Waals surface area contributed by atoms with Crippen LogP contribution in [0.3, 0.4) is 0 Å². The molecule has 0 amide bonds. The Bertz CT molecular complexity index is 6.00. The van der Waals surface area contributed by atoms with E-state index in [0.717, 1.165) is 0 Å². The standard InChI is InChI=1S/K.Na.2H2S/h;;2*1H2/q2*+1;;/p-2. The second kappa shape index (κ2) is 16.2. The second-order valence-electron chi connectivity index (χ2n) is 0. The van der Waals surface area contributed by atoms with Gasteiger partial charge in [-0.05, 0) is 0 Å². The van der Waals surface area contributed by atoms with E-state index in [0.29, 0.717) is 0 Å². The van der Waals surface area contributed by atoms with Gasteiger partial charge in [0, 0.05) is 0 Å². The molecular formula is H2KNaS2. The maximum atomic E-state index is 0. The summed E-state index contributed by atoms with van der Waals surface area (Å²) in [6, 6.07) is 0. The molecule has 0 fully saturated rings. The van der Waals surface area contributed by atoms with Crippen LogP contribution in [-0.4, -0.2) is 0 Å². The van der Waals surface area contributed by atoms with Gasteiger partial charge in [-0.1, -0.05) is 0 Å². The van der Waals surface area contributed by atoms with Crippen molar-refractivity contribution in [1.82, 2.24) is 0 Å². The first kappa shape index (κ1) is 26.5. The Morgan fingerprint density at radius 3 is 0.750 bits per heavy atom. The average molecular weight is 128 g/mol. The summed E-state index contributed by atoms with van der Waals surface area (Å²) < 4.78 is 0. The van der Waals surface area contributed by atoms with Gasteiger partial charge >= 0.3 is 80.9 Å². The number of hydrogen-bond acceptors (Lipinski definition) is 2. The van der Waals surface area contributed by atoms with Crippen molar-refractivity contribution < 1.29 is 80.9 Å². The van der Waals surface area contributed by atoms with E-state index in [1.54, 1.807) is 0 Å². The van der Waals surface area contributed by atoms with Crippen LogP contribution in [0, 0.1) is 0 Å². The van der Waals surface area contributed by atoms with Crippen molar-refractivity contribution in [1.29, 1.82) is 0 Å². The van der Waals surface area contributed by atoms with Crippen LogP contribution in [0.25, 0.3) is 0 Å². The van der Waals surface area contributed by atoms with Gasteiger partial charge in [0.05, 0.1) is 0 Å². The van der Waals surface area contributed by atoms with Crippen molar-refractivity contribution in [3.05, 3.63) is 0 Å². The van der Waals surface area contributed by atoms with E-state index in [1.165, 1.54) is 0 Å². The van der Waals surface area contributed by atoms with Crippen molar-refractivity contribution in [2.75, 3.05) is 0 Å². The molecule has 0 aliphatic heterocycles. The van der Waals surface area contributed by atoms with E-state index in [2.05, 4.69) is 0 Å². The van der Waals surface area contributed by atoms with Crippen molar-refractivity contribution in [3.8, 4) is 0 Å². The van der Waals surface area contributed by atoms with Crippen LogP contribution in [0.4, 0.5) is 0 Å². The SMILES string of the molecule is [K+].[Na+].[SH-].[SH-]. The largest absolute Gasteiger partial charge is 1.00 e. The molecule has 0 spiro atoms. The Kier molecular flexibility index (Phi) is 107. The molecule has 0 aromatic rings. The Balaban J connectivity index is 0. The molecule has 0 saturated heterocycles. The van der Waals surface area contributed by atoms with Crippen LogP contribution in [0.2, 0.25) is 0 Å². The first-order valence-corrected chi connectivity index (χ1v) is 0. The summed E-state index contributed by atoms with van der Waals surface area (Å²) in [5.41, 5.74) is 0. The van der Waals surface area contributed by atoms with Crippen molar-refractivity contribution in [2.24, 2.45) is 0 Å². The molecule has 0 N–H and O–H groups in total. The maximum absolute atomic E-state index is 0. The molecule has 0 nitrogen and oxygen atoms in total. The molecule has 0 atom stereocenters. The molecule has 0 aromatic heterocycles. The predicted octanol–water partition coefficient (Wildman–Crippen LogP) is -6.53. The molecule has 0 aliphatic rings. The fraction of sp³-hybridized carbons (Fsp3) is 0. The molecular weight excluding hydrogens is 126 g/mol. The molecule has 0 rings (SSSR count). The Morgan fingerprint density at radius 2 is 0.750 bits per heavy atom. The van der Waals surface area contributed by atoms with Gasteiger partial charge in [0.15, 0.2) is 0 Å². The Hall–Kier alpha value is 3.34. The van der Waals surface area contributed by atoms with Crippen molar-refractivity contribution in [2.45, 2.75) is 0 Å². The first-order chi connectivity index (χ1) is 0. The monoisotopic (exact) mass is 128 g/mol. The summed E-state index contributed by atoms with van der Waals surface area (Å²) in [6.45, 7) is 0. The van der Waals surface area contributed by atoms with Gasteiger partial charge in [-0.3, -0.25) is 0 Å². The van der Waals surface area contributed by atoms with Gasteiger partial charge in [-0.25, -0.2) is 0 Å². The maximum Gasteiger partial charge on any atom is 1.00 e. The van der Waals surface area contributed by atoms with Crippen LogP contribution in [-0.2, 0) is 27.0 Å². The fourth-order valence-corrected chi connectivity index (χ4v) is 0. The summed E-state index contributed by atoms with van der Waals surface area (Å²) >= 11 is 0. The van der Waals surface area contributed by atoms with Crippen LogP contribution in [0.1, 0.15) is 0 Å². The van der Waals surface area contributed by atoms with Crippen LogP contribution in [0.15, 0.2) is 0 Å². The molecule has 0 aromatic carbocycles. The minimum atomic E-state index is 0. The van der Waals surface area contributed by atoms with Crippen molar-refractivity contribution >= 4 is 27.0 Å². The molecule has 0 heterocycles. The minimum absolute atomic E-state index is 0. The quantitative estimate of drug-likeness (QED) is 0.181. The third-order valence-electron chi connectivity index (χ3n) is 0. The van der Waals surface area contributed by atoms with Crippen LogP contribution < -0.4 is 80.9 Å². The van der Waals surface area contributed by atoms with E-state index in [9.17, 15) is 0 Å². The van der Waals surface area contributed by atoms with Gasteiger partial charge in [0.1, 0.15) is 0 Å². The van der Waals surface area contributed by atoms with E-state index in [-0.39, 0.29) is 108 Å². The Labute approximate surface area is 105 Å². The molecule has 4 heavy (non-hydrogen) atoms. The van der Waals surface area contributed by atoms with E-state index in [4.69, 9.17) is 0 Å². The van der Waals surface area contributed by atoms with Gasteiger partial charge in [-0.15, -0.1) is 0 Å². The molecule has 16 valence electrons. The van der Waals surface area contributed by atoms with Gasteiger partial charge in [0.2, 0.25) is 0 Å². The van der Waals surface area contributed by atoms with Gasteiger partial charge in [0.25, 0.3) is 0 Å². The summed E-state index contributed by atoms with van der Waals surface area (Å²) in [7, 11) is 0. The summed E-state index contributed by atoms with van der Waals surface area (Å²) in [5.74, 6) is 0. The van der Waals surface area contributed by atoms with E-state index < -0.39 is 0 Å². The zero-order valence-corrected chi connectivity index (χ0v) is 9.81. The van der Waals surface area contributed by atoms with Crippen LogP contribution in [0.5, 0.6) is 0 Å². The van der Waals surface area contributed by atoms with E-state index >= 15 is 0 Å². The smallest absolute Gasteiger partial charge is 0.813 e. The first-order valence-electron chi connectivity index (χ1n) is 0. The molecule has 0 bridgehead atoms. The Morgan fingerprint density at radius 1 is 0.750 bits per heavy atom. The molecule has 0 aliphatic carbocycles. The summed E-state index contributed by atoms with van der Waals surface area (Å²) in [5, 5.41) is 0. The number of hydrogen-bond donors (Lipinski definition) is 0. The van der Waals surface area contributed by atoms with Gasteiger partial charge < -0.3 is 27.0 Å². The second-order valence-corrected chi connectivity index (χ2v) is 0. The molecule has 0 radical (unpaired) electrons. The minimum Gasteiger partial charge on any atom is -0.813 e.